The predicted octanol–water partition coefficient (Wildman–Crippen LogP) is 4.98. The van der Waals surface area contributed by atoms with Crippen molar-refractivity contribution in [1.82, 2.24) is 14.9 Å². The van der Waals surface area contributed by atoms with E-state index >= 15 is 0 Å². The SMILES string of the molecule is COc1ccc(Nc2nccc(Nc3cccc(F)c3)n2)cc1OCCCN1CCCC1. The third-order valence-corrected chi connectivity index (χ3v) is 5.25. The zero-order valence-electron chi connectivity index (χ0n) is 18.2. The number of halogens is 1. The number of nitrogens with one attached hydrogen (secondary N) is 2. The summed E-state index contributed by atoms with van der Waals surface area (Å²) >= 11 is 0. The lowest BCUT2D eigenvalue weighted by molar-refractivity contribution is 0.254. The van der Waals surface area contributed by atoms with Gasteiger partial charge in [0.25, 0.3) is 0 Å². The van der Waals surface area contributed by atoms with Crippen LogP contribution in [0.2, 0.25) is 0 Å². The first-order valence-corrected chi connectivity index (χ1v) is 10.9. The van der Waals surface area contributed by atoms with Crippen LogP contribution in [0.15, 0.2) is 54.7 Å². The molecule has 0 aliphatic carbocycles. The summed E-state index contributed by atoms with van der Waals surface area (Å²) in [6, 6.07) is 13.6. The standard InChI is InChI=1S/C24H28FN5O2/c1-31-21-9-8-20(17-22(21)32-15-5-14-30-12-2-3-13-30)28-24-26-11-10-23(29-24)27-19-7-4-6-18(25)16-19/h4,6-11,16-17H,2-3,5,12-15H2,1H3,(H2,26,27,28,29). The van der Waals surface area contributed by atoms with Crippen LogP contribution in [0.5, 0.6) is 11.5 Å². The molecule has 0 unspecified atom stereocenters. The van der Waals surface area contributed by atoms with Crippen molar-refractivity contribution in [3.63, 3.8) is 0 Å². The number of hydrogen-bond donors (Lipinski definition) is 2. The van der Waals surface area contributed by atoms with E-state index in [4.69, 9.17) is 9.47 Å². The van der Waals surface area contributed by atoms with Crippen molar-refractivity contribution in [3.05, 3.63) is 60.5 Å². The molecule has 2 heterocycles. The molecule has 3 aromatic rings. The molecule has 0 saturated carbocycles. The molecule has 0 atom stereocenters. The third-order valence-electron chi connectivity index (χ3n) is 5.25. The molecular formula is C24H28FN5O2. The minimum absolute atomic E-state index is 0.311. The Balaban J connectivity index is 1.38. The molecule has 1 saturated heterocycles. The van der Waals surface area contributed by atoms with Crippen LogP contribution in [0, 0.1) is 5.82 Å². The smallest absolute Gasteiger partial charge is 0.229 e. The van der Waals surface area contributed by atoms with Crippen LogP contribution in [-0.4, -0.2) is 48.2 Å². The summed E-state index contributed by atoms with van der Waals surface area (Å²) in [5, 5.41) is 6.27. The average Bonchev–Trinajstić information content (AvgIpc) is 3.31. The number of nitrogens with zero attached hydrogens (tertiary/aromatic N) is 3. The van der Waals surface area contributed by atoms with E-state index in [9.17, 15) is 4.39 Å². The van der Waals surface area contributed by atoms with Gasteiger partial charge in [-0.3, -0.25) is 0 Å². The minimum atomic E-state index is -0.311. The summed E-state index contributed by atoms with van der Waals surface area (Å²) in [4.78, 5) is 11.2. The first-order chi connectivity index (χ1) is 15.7. The topological polar surface area (TPSA) is 71.5 Å². The van der Waals surface area contributed by atoms with Gasteiger partial charge in [-0.15, -0.1) is 0 Å². The summed E-state index contributed by atoms with van der Waals surface area (Å²) in [5.74, 6) is 2.01. The summed E-state index contributed by atoms with van der Waals surface area (Å²) in [5.41, 5.74) is 1.40. The van der Waals surface area contributed by atoms with E-state index in [1.165, 1.54) is 38.1 Å². The van der Waals surface area contributed by atoms with Gasteiger partial charge in [-0.2, -0.15) is 4.98 Å². The molecule has 32 heavy (non-hydrogen) atoms. The van der Waals surface area contributed by atoms with E-state index in [0.29, 0.717) is 35.6 Å². The number of likely N-dealkylation sites (tertiary alicyclic amines) is 1. The van der Waals surface area contributed by atoms with Crippen LogP contribution < -0.4 is 20.1 Å². The highest BCUT2D eigenvalue weighted by molar-refractivity contribution is 5.62. The summed E-state index contributed by atoms with van der Waals surface area (Å²) < 4.78 is 24.9. The number of anilines is 4. The van der Waals surface area contributed by atoms with E-state index in [1.807, 2.05) is 18.2 Å². The van der Waals surface area contributed by atoms with E-state index in [2.05, 4.69) is 25.5 Å². The van der Waals surface area contributed by atoms with Crippen molar-refractivity contribution in [1.29, 1.82) is 0 Å². The molecule has 7 nitrogen and oxygen atoms in total. The fraction of sp³-hybridized carbons (Fsp3) is 0.333. The second-order valence-electron chi connectivity index (χ2n) is 7.64. The van der Waals surface area contributed by atoms with Crippen LogP contribution in [0.4, 0.5) is 27.5 Å². The zero-order valence-corrected chi connectivity index (χ0v) is 18.2. The van der Waals surface area contributed by atoms with Crippen molar-refractivity contribution in [2.75, 3.05) is 44.0 Å². The number of ether oxygens (including phenoxy) is 2. The normalized spacial score (nSPS) is 13.7. The molecule has 1 aliphatic heterocycles. The zero-order chi connectivity index (χ0) is 22.2. The predicted molar refractivity (Wildman–Crippen MR) is 124 cm³/mol. The van der Waals surface area contributed by atoms with E-state index < -0.39 is 0 Å². The highest BCUT2D eigenvalue weighted by Gasteiger charge is 2.12. The average molecular weight is 438 g/mol. The van der Waals surface area contributed by atoms with Crippen molar-refractivity contribution in [2.24, 2.45) is 0 Å². The Kier molecular flexibility index (Phi) is 7.34. The molecule has 2 aromatic carbocycles. The van der Waals surface area contributed by atoms with Crippen LogP contribution in [0.3, 0.4) is 0 Å². The van der Waals surface area contributed by atoms with Crippen molar-refractivity contribution in [2.45, 2.75) is 19.3 Å². The molecule has 8 heteroatoms. The van der Waals surface area contributed by atoms with Gasteiger partial charge < -0.3 is 25.0 Å². The number of rotatable bonds is 10. The molecule has 0 bridgehead atoms. The fourth-order valence-electron chi connectivity index (χ4n) is 3.68. The first kappa shape index (κ1) is 21.8. The van der Waals surface area contributed by atoms with Gasteiger partial charge in [-0.1, -0.05) is 6.07 Å². The van der Waals surface area contributed by atoms with Crippen molar-refractivity contribution < 1.29 is 13.9 Å². The van der Waals surface area contributed by atoms with Crippen LogP contribution in [0.1, 0.15) is 19.3 Å². The number of hydrogen-bond acceptors (Lipinski definition) is 7. The Morgan fingerprint density at radius 1 is 1.00 bits per heavy atom. The van der Waals surface area contributed by atoms with E-state index in [1.54, 1.807) is 31.5 Å². The van der Waals surface area contributed by atoms with Gasteiger partial charge in [0.1, 0.15) is 11.6 Å². The summed E-state index contributed by atoms with van der Waals surface area (Å²) in [6.07, 6.45) is 5.20. The monoisotopic (exact) mass is 437 g/mol. The molecule has 4 rings (SSSR count). The van der Waals surface area contributed by atoms with Gasteiger partial charge in [0, 0.05) is 30.2 Å². The summed E-state index contributed by atoms with van der Waals surface area (Å²) in [7, 11) is 1.63. The highest BCUT2D eigenvalue weighted by Crippen LogP contribution is 2.31. The Morgan fingerprint density at radius 2 is 1.84 bits per heavy atom. The van der Waals surface area contributed by atoms with Gasteiger partial charge in [-0.25, -0.2) is 9.37 Å². The lowest BCUT2D eigenvalue weighted by atomic mass is 10.2. The molecule has 1 aliphatic rings. The van der Waals surface area contributed by atoms with Crippen LogP contribution in [0.25, 0.3) is 0 Å². The quantitative estimate of drug-likeness (QED) is 0.434. The van der Waals surface area contributed by atoms with E-state index in [0.717, 1.165) is 18.7 Å². The highest BCUT2D eigenvalue weighted by atomic mass is 19.1. The lowest BCUT2D eigenvalue weighted by Crippen LogP contribution is -2.21. The van der Waals surface area contributed by atoms with Gasteiger partial charge >= 0.3 is 0 Å². The Labute approximate surface area is 187 Å². The van der Waals surface area contributed by atoms with Crippen molar-refractivity contribution >= 4 is 23.1 Å². The fourth-order valence-corrected chi connectivity index (χ4v) is 3.68. The molecule has 168 valence electrons. The first-order valence-electron chi connectivity index (χ1n) is 10.9. The second-order valence-corrected chi connectivity index (χ2v) is 7.64. The summed E-state index contributed by atoms with van der Waals surface area (Å²) in [6.45, 7) is 4.06. The second kappa shape index (κ2) is 10.8. The van der Waals surface area contributed by atoms with Crippen LogP contribution >= 0.6 is 0 Å². The van der Waals surface area contributed by atoms with Gasteiger partial charge in [0.05, 0.1) is 13.7 Å². The lowest BCUT2D eigenvalue weighted by Gasteiger charge is -2.16. The minimum Gasteiger partial charge on any atom is -0.493 e. The van der Waals surface area contributed by atoms with Crippen molar-refractivity contribution in [3.8, 4) is 11.5 Å². The molecule has 1 aromatic heterocycles. The Hall–Kier alpha value is -3.39. The number of benzene rings is 2. The Bertz CT molecular complexity index is 1030. The number of methoxy groups -OCH3 is 1. The molecule has 0 spiro atoms. The van der Waals surface area contributed by atoms with Crippen LogP contribution in [-0.2, 0) is 0 Å². The molecule has 2 N–H and O–H groups in total. The molecule has 0 amide bonds. The maximum atomic E-state index is 13.4. The van der Waals surface area contributed by atoms with Gasteiger partial charge in [0.2, 0.25) is 5.95 Å². The molecule has 1 fully saturated rings. The van der Waals surface area contributed by atoms with E-state index in [-0.39, 0.29) is 5.82 Å². The number of aromatic nitrogens is 2. The molecule has 0 radical (unpaired) electrons. The maximum absolute atomic E-state index is 13.4. The Morgan fingerprint density at radius 3 is 2.66 bits per heavy atom. The third kappa shape index (κ3) is 6.07. The van der Waals surface area contributed by atoms with Gasteiger partial charge in [0.15, 0.2) is 11.5 Å². The molecular weight excluding hydrogens is 409 g/mol. The van der Waals surface area contributed by atoms with Gasteiger partial charge in [-0.05, 0) is 68.8 Å². The largest absolute Gasteiger partial charge is 0.493 e. The maximum Gasteiger partial charge on any atom is 0.229 e.